The Hall–Kier alpha value is -0.170. The van der Waals surface area contributed by atoms with Crippen molar-refractivity contribution in [1.29, 1.82) is 0 Å². The summed E-state index contributed by atoms with van der Waals surface area (Å²) in [6, 6.07) is -0.320. The van der Waals surface area contributed by atoms with Gasteiger partial charge >= 0.3 is 0 Å². The molecule has 0 aliphatic heterocycles. The van der Waals surface area contributed by atoms with Crippen molar-refractivity contribution < 1.29 is 13.5 Å². The monoisotopic (exact) mass is 236 g/mol. The molecule has 1 rings (SSSR count). The van der Waals surface area contributed by atoms with Crippen molar-refractivity contribution in [2.24, 2.45) is 5.41 Å². The summed E-state index contributed by atoms with van der Waals surface area (Å²) in [5.74, 6) is 0. The Morgan fingerprint density at radius 2 is 1.93 bits per heavy atom. The molecule has 0 saturated heterocycles. The molecule has 0 spiro atoms. The molecule has 15 heavy (non-hydrogen) atoms. The Labute approximate surface area is 91.4 Å². The van der Waals surface area contributed by atoms with Crippen LogP contribution in [0.5, 0.6) is 0 Å². The van der Waals surface area contributed by atoms with Crippen LogP contribution in [0.3, 0.4) is 0 Å². The van der Waals surface area contributed by atoms with E-state index in [-0.39, 0.29) is 17.5 Å². The maximum Gasteiger partial charge on any atom is 0.277 e. The lowest BCUT2D eigenvalue weighted by atomic mass is 9.65. The number of aliphatic hydroxyl groups is 1. The van der Waals surface area contributed by atoms with Gasteiger partial charge in [0.05, 0.1) is 6.10 Å². The molecule has 1 aliphatic carbocycles. The van der Waals surface area contributed by atoms with E-state index < -0.39 is 16.3 Å². The second-order valence-electron chi connectivity index (χ2n) is 5.02. The second kappa shape index (κ2) is 4.01. The maximum absolute atomic E-state index is 11.5. The number of hydrogen-bond acceptors (Lipinski definition) is 3. The van der Waals surface area contributed by atoms with Crippen molar-refractivity contribution in [2.45, 2.75) is 52.3 Å². The van der Waals surface area contributed by atoms with Crippen LogP contribution in [-0.4, -0.2) is 31.7 Å². The smallest absolute Gasteiger partial charge is 0.277 e. The molecule has 0 amide bonds. The zero-order valence-electron chi connectivity index (χ0n) is 9.61. The van der Waals surface area contributed by atoms with E-state index in [4.69, 9.17) is 0 Å². The Bertz CT molecular complexity index is 324. The standard InChI is InChI=1S/C9H20N2O3S/c1-6(2)10-15(13,14)11-7-5-8(12)9(7,3)4/h6-8,10-12H,5H2,1-4H3. The van der Waals surface area contributed by atoms with E-state index in [1.807, 2.05) is 13.8 Å². The summed E-state index contributed by atoms with van der Waals surface area (Å²) in [7, 11) is -3.45. The SMILES string of the molecule is CC(C)NS(=O)(=O)NC1CC(O)C1(C)C. The molecule has 1 aliphatic rings. The van der Waals surface area contributed by atoms with Crippen LogP contribution in [0, 0.1) is 5.41 Å². The second-order valence-corrected chi connectivity index (χ2v) is 6.50. The number of hydrogen-bond donors (Lipinski definition) is 3. The minimum atomic E-state index is -3.45. The van der Waals surface area contributed by atoms with Crippen LogP contribution in [0.25, 0.3) is 0 Å². The molecule has 0 aromatic carbocycles. The normalized spacial score (nSPS) is 30.3. The highest BCUT2D eigenvalue weighted by Gasteiger charge is 2.48. The van der Waals surface area contributed by atoms with Crippen LogP contribution >= 0.6 is 0 Å². The fourth-order valence-electron chi connectivity index (χ4n) is 1.63. The van der Waals surface area contributed by atoms with E-state index >= 15 is 0 Å². The van der Waals surface area contributed by atoms with E-state index in [9.17, 15) is 13.5 Å². The summed E-state index contributed by atoms with van der Waals surface area (Å²) in [6.07, 6.45) is 0.0516. The van der Waals surface area contributed by atoms with Crippen molar-refractivity contribution in [3.05, 3.63) is 0 Å². The Kier molecular flexibility index (Phi) is 3.45. The van der Waals surface area contributed by atoms with Gasteiger partial charge < -0.3 is 5.11 Å². The van der Waals surface area contributed by atoms with Gasteiger partial charge in [-0.1, -0.05) is 13.8 Å². The van der Waals surface area contributed by atoms with E-state index in [0.29, 0.717) is 6.42 Å². The maximum atomic E-state index is 11.5. The number of rotatable bonds is 4. The third kappa shape index (κ3) is 2.90. The van der Waals surface area contributed by atoms with Crippen LogP contribution < -0.4 is 9.44 Å². The molecule has 0 radical (unpaired) electrons. The molecule has 2 atom stereocenters. The topological polar surface area (TPSA) is 78.4 Å². The van der Waals surface area contributed by atoms with Gasteiger partial charge in [-0.2, -0.15) is 17.9 Å². The molecule has 1 fully saturated rings. The lowest BCUT2D eigenvalue weighted by molar-refractivity contribution is -0.0646. The van der Waals surface area contributed by atoms with E-state index in [1.165, 1.54) is 0 Å². The Morgan fingerprint density at radius 3 is 2.27 bits per heavy atom. The minimum Gasteiger partial charge on any atom is -0.392 e. The first-order valence-electron chi connectivity index (χ1n) is 5.13. The van der Waals surface area contributed by atoms with Gasteiger partial charge in [-0.15, -0.1) is 0 Å². The highest BCUT2D eigenvalue weighted by Crippen LogP contribution is 2.40. The van der Waals surface area contributed by atoms with Crippen LogP contribution in [0.4, 0.5) is 0 Å². The summed E-state index contributed by atoms with van der Waals surface area (Å²) in [4.78, 5) is 0. The van der Waals surface area contributed by atoms with Gasteiger partial charge in [0.25, 0.3) is 10.2 Å². The lowest BCUT2D eigenvalue weighted by Crippen LogP contribution is -2.62. The lowest BCUT2D eigenvalue weighted by Gasteiger charge is -2.49. The number of nitrogens with one attached hydrogen (secondary N) is 2. The zero-order valence-corrected chi connectivity index (χ0v) is 10.4. The molecule has 0 bridgehead atoms. The van der Waals surface area contributed by atoms with Crippen LogP contribution in [0.1, 0.15) is 34.1 Å². The van der Waals surface area contributed by atoms with Crippen molar-refractivity contribution in [3.8, 4) is 0 Å². The summed E-state index contributed by atoms with van der Waals surface area (Å²) in [5, 5.41) is 9.47. The van der Waals surface area contributed by atoms with E-state index in [1.54, 1.807) is 13.8 Å². The molecule has 3 N–H and O–H groups in total. The van der Waals surface area contributed by atoms with E-state index in [2.05, 4.69) is 9.44 Å². The first-order chi connectivity index (χ1) is 6.65. The van der Waals surface area contributed by atoms with Gasteiger partial charge in [-0.25, -0.2) is 0 Å². The molecule has 1 saturated carbocycles. The highest BCUT2D eigenvalue weighted by molar-refractivity contribution is 7.87. The molecular weight excluding hydrogens is 216 g/mol. The molecule has 0 aromatic rings. The molecule has 0 aromatic heterocycles. The van der Waals surface area contributed by atoms with Crippen LogP contribution in [-0.2, 0) is 10.2 Å². The van der Waals surface area contributed by atoms with Crippen molar-refractivity contribution >= 4 is 10.2 Å². The van der Waals surface area contributed by atoms with Gasteiger partial charge in [-0.3, -0.25) is 0 Å². The van der Waals surface area contributed by atoms with Crippen LogP contribution in [0.2, 0.25) is 0 Å². The zero-order chi connectivity index (χ0) is 11.9. The predicted octanol–water partition coefficient (Wildman–Crippen LogP) is -0.0218. The Morgan fingerprint density at radius 1 is 1.40 bits per heavy atom. The molecule has 2 unspecified atom stereocenters. The van der Waals surface area contributed by atoms with Gasteiger partial charge in [0, 0.05) is 17.5 Å². The van der Waals surface area contributed by atoms with Gasteiger partial charge in [-0.05, 0) is 20.3 Å². The van der Waals surface area contributed by atoms with Crippen molar-refractivity contribution in [3.63, 3.8) is 0 Å². The quantitative estimate of drug-likeness (QED) is 0.642. The van der Waals surface area contributed by atoms with E-state index in [0.717, 1.165) is 0 Å². The first kappa shape index (κ1) is 12.9. The number of aliphatic hydroxyl groups excluding tert-OH is 1. The Balaban J connectivity index is 2.57. The third-order valence-electron chi connectivity index (χ3n) is 2.90. The average molecular weight is 236 g/mol. The fraction of sp³-hybridized carbons (Fsp3) is 1.00. The summed E-state index contributed by atoms with van der Waals surface area (Å²) in [5.41, 5.74) is -0.383. The van der Waals surface area contributed by atoms with Crippen molar-refractivity contribution in [1.82, 2.24) is 9.44 Å². The van der Waals surface area contributed by atoms with Crippen molar-refractivity contribution in [2.75, 3.05) is 0 Å². The largest absolute Gasteiger partial charge is 0.392 e. The average Bonchev–Trinajstić information content (AvgIpc) is 2.00. The van der Waals surface area contributed by atoms with Gasteiger partial charge in [0.2, 0.25) is 0 Å². The summed E-state index contributed by atoms with van der Waals surface area (Å²) in [6.45, 7) is 7.23. The van der Waals surface area contributed by atoms with Gasteiger partial charge in [0.15, 0.2) is 0 Å². The molecular formula is C9H20N2O3S. The molecule has 90 valence electrons. The van der Waals surface area contributed by atoms with Crippen LogP contribution in [0.15, 0.2) is 0 Å². The molecule has 0 heterocycles. The molecule has 6 heteroatoms. The third-order valence-corrected chi connectivity index (χ3v) is 4.28. The fourth-order valence-corrected chi connectivity index (χ4v) is 3.10. The summed E-state index contributed by atoms with van der Waals surface area (Å²) >= 11 is 0. The molecule has 5 nitrogen and oxygen atoms in total. The summed E-state index contributed by atoms with van der Waals surface area (Å²) < 4.78 is 28.1. The minimum absolute atomic E-state index is 0.129. The first-order valence-corrected chi connectivity index (χ1v) is 6.61. The van der Waals surface area contributed by atoms with Gasteiger partial charge in [0.1, 0.15) is 0 Å². The highest BCUT2D eigenvalue weighted by atomic mass is 32.2. The predicted molar refractivity (Wildman–Crippen MR) is 58.5 cm³/mol.